The summed E-state index contributed by atoms with van der Waals surface area (Å²) in [4.78, 5) is 0. The summed E-state index contributed by atoms with van der Waals surface area (Å²) in [6, 6.07) is 14.8. The molecule has 1 aliphatic heterocycles. The summed E-state index contributed by atoms with van der Waals surface area (Å²) >= 11 is 0. The monoisotopic (exact) mass is 378 g/mol. The minimum Gasteiger partial charge on any atom is -0.507 e. The third-order valence-electron chi connectivity index (χ3n) is 5.07. The van der Waals surface area contributed by atoms with E-state index in [1.807, 2.05) is 50.2 Å². The molecule has 0 saturated heterocycles. The van der Waals surface area contributed by atoms with Crippen molar-refractivity contribution in [2.24, 2.45) is 0 Å². The number of aryl methyl sites for hydroxylation is 2. The third-order valence-corrected chi connectivity index (χ3v) is 5.07. The van der Waals surface area contributed by atoms with Crippen molar-refractivity contribution in [1.29, 1.82) is 0 Å². The van der Waals surface area contributed by atoms with Gasteiger partial charge in [-0.15, -0.1) is 0 Å². The molecule has 3 aromatic carbocycles. The number of phenols is 2. The fraction of sp³-hybridized carbons (Fsp3) is 0.217. The molecule has 4 rings (SSSR count). The van der Waals surface area contributed by atoms with E-state index in [1.165, 1.54) is 0 Å². The number of methoxy groups -OCH3 is 1. The van der Waals surface area contributed by atoms with E-state index in [9.17, 15) is 10.2 Å². The molecule has 1 atom stereocenters. The Bertz CT molecular complexity index is 1020. The van der Waals surface area contributed by atoms with E-state index >= 15 is 0 Å². The number of fused-ring (bicyclic) bond motifs is 1. The molecule has 3 aromatic rings. The lowest BCUT2D eigenvalue weighted by atomic mass is 9.82. The van der Waals surface area contributed by atoms with Crippen LogP contribution in [0, 0.1) is 13.8 Å². The first-order chi connectivity index (χ1) is 13.5. The lowest BCUT2D eigenvalue weighted by molar-refractivity contribution is 0.174. The second kappa shape index (κ2) is 7.00. The molecule has 1 aliphatic rings. The van der Waals surface area contributed by atoms with Crippen molar-refractivity contribution in [1.82, 2.24) is 0 Å². The van der Waals surface area contributed by atoms with Gasteiger partial charge in [0.1, 0.15) is 17.2 Å². The van der Waals surface area contributed by atoms with Crippen LogP contribution in [0.15, 0.2) is 48.5 Å². The Labute approximate surface area is 163 Å². The second-order valence-corrected chi connectivity index (χ2v) is 6.99. The number of benzene rings is 3. The van der Waals surface area contributed by atoms with E-state index in [4.69, 9.17) is 14.2 Å². The van der Waals surface area contributed by atoms with Crippen LogP contribution in [-0.4, -0.2) is 24.1 Å². The molecule has 2 N–H and O–H groups in total. The molecule has 0 bridgehead atoms. The van der Waals surface area contributed by atoms with Crippen molar-refractivity contribution in [2.75, 3.05) is 13.9 Å². The molecule has 0 aliphatic carbocycles. The van der Waals surface area contributed by atoms with E-state index in [0.29, 0.717) is 17.1 Å². The second-order valence-electron chi connectivity index (χ2n) is 6.99. The summed E-state index contributed by atoms with van der Waals surface area (Å²) in [5.74, 6) is 1.74. The van der Waals surface area contributed by atoms with Crippen LogP contribution in [0.5, 0.6) is 28.7 Å². The van der Waals surface area contributed by atoms with Gasteiger partial charge in [0.25, 0.3) is 0 Å². The minimum atomic E-state index is -0.390. The SMILES string of the molecule is COc1ccc(C(c2cc3c(cc2O)OCO3)c2cc(C)cc(C)c2O)cc1. The Hall–Kier alpha value is -3.34. The van der Waals surface area contributed by atoms with Crippen molar-refractivity contribution >= 4 is 0 Å². The van der Waals surface area contributed by atoms with Crippen LogP contribution < -0.4 is 14.2 Å². The Kier molecular flexibility index (Phi) is 4.51. The molecule has 0 radical (unpaired) electrons. The highest BCUT2D eigenvalue weighted by Gasteiger charge is 2.27. The summed E-state index contributed by atoms with van der Waals surface area (Å²) in [6.07, 6.45) is 0. The van der Waals surface area contributed by atoms with Crippen molar-refractivity contribution < 1.29 is 24.4 Å². The predicted molar refractivity (Wildman–Crippen MR) is 106 cm³/mol. The standard InChI is InChI=1S/C23H22O5/c1-13-8-14(2)23(25)18(9-13)22(15-4-6-16(26-3)7-5-15)17-10-20-21(11-19(17)24)28-12-27-20/h4-11,22,24-25H,12H2,1-3H3. The zero-order valence-electron chi connectivity index (χ0n) is 16.0. The number of ether oxygens (including phenoxy) is 3. The lowest BCUT2D eigenvalue weighted by Gasteiger charge is -2.23. The van der Waals surface area contributed by atoms with Gasteiger partial charge in [-0.3, -0.25) is 0 Å². The Morgan fingerprint density at radius 1 is 0.893 bits per heavy atom. The van der Waals surface area contributed by atoms with Gasteiger partial charge in [0, 0.05) is 23.1 Å². The summed E-state index contributed by atoms with van der Waals surface area (Å²) in [6.45, 7) is 3.98. The van der Waals surface area contributed by atoms with Gasteiger partial charge in [0.2, 0.25) is 6.79 Å². The smallest absolute Gasteiger partial charge is 0.231 e. The molecular weight excluding hydrogens is 356 g/mol. The maximum absolute atomic E-state index is 10.8. The largest absolute Gasteiger partial charge is 0.507 e. The molecule has 1 heterocycles. The molecule has 0 spiro atoms. The van der Waals surface area contributed by atoms with E-state index < -0.39 is 0 Å². The van der Waals surface area contributed by atoms with Crippen LogP contribution in [0.1, 0.15) is 33.7 Å². The van der Waals surface area contributed by atoms with E-state index in [2.05, 4.69) is 0 Å². The number of rotatable bonds is 4. The van der Waals surface area contributed by atoms with Gasteiger partial charge in [0.05, 0.1) is 7.11 Å². The lowest BCUT2D eigenvalue weighted by Crippen LogP contribution is -2.06. The number of hydrogen-bond acceptors (Lipinski definition) is 5. The molecule has 0 fully saturated rings. The Balaban J connectivity index is 1.95. The van der Waals surface area contributed by atoms with Crippen LogP contribution in [0.4, 0.5) is 0 Å². The Morgan fingerprint density at radius 3 is 2.25 bits per heavy atom. The average Bonchev–Trinajstić information content (AvgIpc) is 3.13. The first-order valence-corrected chi connectivity index (χ1v) is 9.04. The highest BCUT2D eigenvalue weighted by molar-refractivity contribution is 5.60. The molecular formula is C23H22O5. The third kappa shape index (κ3) is 3.09. The predicted octanol–water partition coefficient (Wildman–Crippen LogP) is 4.63. The average molecular weight is 378 g/mol. The molecule has 0 aromatic heterocycles. The molecule has 5 nitrogen and oxygen atoms in total. The fourth-order valence-electron chi connectivity index (χ4n) is 3.71. The van der Waals surface area contributed by atoms with Crippen LogP contribution in [0.3, 0.4) is 0 Å². The van der Waals surface area contributed by atoms with Gasteiger partial charge in [-0.05, 0) is 43.2 Å². The fourth-order valence-corrected chi connectivity index (χ4v) is 3.71. The van der Waals surface area contributed by atoms with Crippen molar-refractivity contribution in [3.8, 4) is 28.7 Å². The van der Waals surface area contributed by atoms with Gasteiger partial charge in [0.15, 0.2) is 11.5 Å². The van der Waals surface area contributed by atoms with E-state index in [0.717, 1.165) is 28.0 Å². The number of hydrogen-bond donors (Lipinski definition) is 2. The molecule has 0 amide bonds. The zero-order valence-corrected chi connectivity index (χ0v) is 16.0. The van der Waals surface area contributed by atoms with Crippen molar-refractivity contribution in [3.05, 3.63) is 76.3 Å². The maximum Gasteiger partial charge on any atom is 0.231 e. The summed E-state index contributed by atoms with van der Waals surface area (Å²) < 4.78 is 16.2. The summed E-state index contributed by atoms with van der Waals surface area (Å²) in [5.41, 5.74) is 4.08. The van der Waals surface area contributed by atoms with E-state index in [1.54, 1.807) is 19.2 Å². The Morgan fingerprint density at radius 2 is 1.57 bits per heavy atom. The highest BCUT2D eigenvalue weighted by Crippen LogP contribution is 2.46. The molecule has 144 valence electrons. The highest BCUT2D eigenvalue weighted by atomic mass is 16.7. The van der Waals surface area contributed by atoms with Gasteiger partial charge in [-0.25, -0.2) is 0 Å². The van der Waals surface area contributed by atoms with Crippen LogP contribution in [0.25, 0.3) is 0 Å². The number of phenolic OH excluding ortho intramolecular Hbond substituents is 2. The van der Waals surface area contributed by atoms with Gasteiger partial charge < -0.3 is 24.4 Å². The summed E-state index contributed by atoms with van der Waals surface area (Å²) in [7, 11) is 1.62. The normalized spacial score (nSPS) is 13.4. The minimum absolute atomic E-state index is 0.0867. The zero-order chi connectivity index (χ0) is 19.8. The van der Waals surface area contributed by atoms with E-state index in [-0.39, 0.29) is 24.2 Å². The number of aromatic hydroxyl groups is 2. The van der Waals surface area contributed by atoms with Crippen LogP contribution in [-0.2, 0) is 0 Å². The van der Waals surface area contributed by atoms with Crippen LogP contribution in [0.2, 0.25) is 0 Å². The van der Waals surface area contributed by atoms with Gasteiger partial charge in [-0.2, -0.15) is 0 Å². The summed E-state index contributed by atoms with van der Waals surface area (Å²) in [5, 5.41) is 21.6. The molecule has 28 heavy (non-hydrogen) atoms. The topological polar surface area (TPSA) is 68.2 Å². The van der Waals surface area contributed by atoms with Crippen molar-refractivity contribution in [3.63, 3.8) is 0 Å². The first-order valence-electron chi connectivity index (χ1n) is 9.04. The molecule has 5 heteroatoms. The molecule has 0 saturated carbocycles. The maximum atomic E-state index is 10.8. The first kappa shape index (κ1) is 18.0. The molecule has 1 unspecified atom stereocenters. The quantitative estimate of drug-likeness (QED) is 0.648. The van der Waals surface area contributed by atoms with Gasteiger partial charge >= 0.3 is 0 Å². The van der Waals surface area contributed by atoms with Crippen LogP contribution >= 0.6 is 0 Å². The van der Waals surface area contributed by atoms with Gasteiger partial charge in [-0.1, -0.05) is 29.8 Å². The van der Waals surface area contributed by atoms with Crippen molar-refractivity contribution in [2.45, 2.75) is 19.8 Å².